The first-order valence-corrected chi connectivity index (χ1v) is 15.8. The molecular weight excluding hydrogens is 588 g/mol. The van der Waals surface area contributed by atoms with Crippen LogP contribution in [0.1, 0.15) is 46.4 Å². The first kappa shape index (κ1) is 29.8. The molecule has 0 radical (unpaired) electrons. The van der Waals surface area contributed by atoms with E-state index < -0.39 is 23.8 Å². The van der Waals surface area contributed by atoms with Crippen molar-refractivity contribution in [3.8, 4) is 16.9 Å². The first-order valence-electron chi connectivity index (χ1n) is 15.8. The zero-order valence-electron chi connectivity index (χ0n) is 26.1. The zero-order chi connectivity index (χ0) is 32.1. The van der Waals surface area contributed by atoms with Crippen molar-refractivity contribution in [2.45, 2.75) is 37.8 Å². The van der Waals surface area contributed by atoms with E-state index in [4.69, 9.17) is 10.5 Å². The number of nitrogens with one attached hydrogen (secondary N) is 1. The zero-order valence-corrected chi connectivity index (χ0v) is 26.1. The molecule has 2 aromatic carbocycles. The third kappa shape index (κ3) is 5.23. The molecule has 7 rings (SSSR count). The molecule has 4 aliphatic heterocycles. The molecule has 13 heteroatoms. The van der Waals surface area contributed by atoms with Crippen molar-refractivity contribution >= 4 is 40.7 Å². The van der Waals surface area contributed by atoms with Gasteiger partial charge in [-0.25, -0.2) is 0 Å². The van der Waals surface area contributed by atoms with Crippen LogP contribution >= 0.6 is 0 Å². The number of rotatable bonds is 6. The fourth-order valence-electron chi connectivity index (χ4n) is 7.29. The van der Waals surface area contributed by atoms with E-state index in [0.29, 0.717) is 28.6 Å². The molecule has 0 bridgehead atoms. The number of aryl methyl sites for hydroxylation is 1. The summed E-state index contributed by atoms with van der Waals surface area (Å²) in [5.41, 5.74) is 11.6. The number of carbonyl (C=O) groups is 4. The maximum absolute atomic E-state index is 13.3. The molecule has 1 aromatic heterocycles. The van der Waals surface area contributed by atoms with Gasteiger partial charge in [-0.1, -0.05) is 0 Å². The van der Waals surface area contributed by atoms with Crippen molar-refractivity contribution < 1.29 is 23.9 Å². The van der Waals surface area contributed by atoms with Crippen molar-refractivity contribution in [3.05, 3.63) is 53.9 Å². The Kier molecular flexibility index (Phi) is 7.63. The van der Waals surface area contributed by atoms with Crippen molar-refractivity contribution in [3.63, 3.8) is 0 Å². The largest absolute Gasteiger partial charge is 0.495 e. The fourth-order valence-corrected chi connectivity index (χ4v) is 7.29. The van der Waals surface area contributed by atoms with E-state index in [0.717, 1.165) is 79.5 Å². The molecule has 3 N–H and O–H groups in total. The van der Waals surface area contributed by atoms with Crippen LogP contribution in [0.3, 0.4) is 0 Å². The topological polar surface area (TPSA) is 146 Å². The highest BCUT2D eigenvalue weighted by Crippen LogP contribution is 2.39. The molecule has 13 nitrogen and oxygen atoms in total. The highest BCUT2D eigenvalue weighted by molar-refractivity contribution is 6.23. The predicted molar refractivity (Wildman–Crippen MR) is 172 cm³/mol. The second-order valence-corrected chi connectivity index (χ2v) is 12.4. The molecule has 0 aliphatic carbocycles. The summed E-state index contributed by atoms with van der Waals surface area (Å²) in [6, 6.07) is 8.86. The van der Waals surface area contributed by atoms with E-state index >= 15 is 0 Å². The van der Waals surface area contributed by atoms with Gasteiger partial charge in [0.1, 0.15) is 11.8 Å². The van der Waals surface area contributed by atoms with Crippen LogP contribution in [-0.2, 0) is 16.6 Å². The molecule has 3 aromatic rings. The number of nitrogens with two attached hydrogens (primary N) is 1. The molecule has 3 saturated heterocycles. The van der Waals surface area contributed by atoms with E-state index in [1.807, 2.05) is 37.6 Å². The van der Waals surface area contributed by atoms with Gasteiger partial charge in [-0.15, -0.1) is 0 Å². The molecular formula is C33H38N8O5. The van der Waals surface area contributed by atoms with Crippen LogP contribution in [0.2, 0.25) is 0 Å². The van der Waals surface area contributed by atoms with E-state index in [1.165, 1.54) is 0 Å². The van der Waals surface area contributed by atoms with Crippen LogP contribution in [0.15, 0.2) is 42.7 Å². The van der Waals surface area contributed by atoms with Crippen LogP contribution in [0, 0.1) is 0 Å². The number of hydrogen-bond acceptors (Lipinski definition) is 10. The molecule has 0 saturated carbocycles. The SMILES string of the molecule is COc1cc(N2CCC(N3CCN(c4ccc5c(c4)C(=O)N(C4CCC(=O)NC4=O)C5=O)CC3)CC2)c(-c2cnn(C)c2)cc1N. The number of piperidine rings is 2. The van der Waals surface area contributed by atoms with Gasteiger partial charge >= 0.3 is 0 Å². The Labute approximate surface area is 266 Å². The minimum Gasteiger partial charge on any atom is -0.495 e. The summed E-state index contributed by atoms with van der Waals surface area (Å²) in [7, 11) is 3.55. The van der Waals surface area contributed by atoms with Gasteiger partial charge in [0.25, 0.3) is 11.8 Å². The summed E-state index contributed by atoms with van der Waals surface area (Å²) in [6.45, 7) is 5.23. The lowest BCUT2D eigenvalue weighted by Crippen LogP contribution is -2.54. The van der Waals surface area contributed by atoms with Crippen molar-refractivity contribution in [2.75, 3.05) is 61.9 Å². The minimum absolute atomic E-state index is 0.0981. The second kappa shape index (κ2) is 11.8. The van der Waals surface area contributed by atoms with Gasteiger partial charge in [0, 0.05) is 93.5 Å². The summed E-state index contributed by atoms with van der Waals surface area (Å²) in [5, 5.41) is 6.60. The highest BCUT2D eigenvalue weighted by Gasteiger charge is 2.45. The standard InChI is InChI=1S/C33H38N8O5/c1-37-19-20(18-35-37)24-16-26(34)29(46-2)17-28(24)40-9-7-21(8-10-40)38-11-13-39(14-12-38)22-3-4-23-25(15-22)33(45)41(32(23)44)27-5-6-30(42)36-31(27)43/h3-4,15-19,21,27H,5-14,34H2,1-2H3,(H,36,42,43). The minimum atomic E-state index is -0.965. The van der Waals surface area contributed by atoms with Crippen molar-refractivity contribution in [1.29, 1.82) is 0 Å². The molecule has 1 unspecified atom stereocenters. The van der Waals surface area contributed by atoms with Gasteiger partial charge in [0.2, 0.25) is 11.8 Å². The lowest BCUT2D eigenvalue weighted by atomic mass is 9.98. The lowest BCUT2D eigenvalue weighted by Gasteiger charge is -2.44. The van der Waals surface area contributed by atoms with E-state index in [-0.39, 0.29) is 18.7 Å². The molecule has 240 valence electrons. The number of benzene rings is 2. The Morgan fingerprint density at radius 2 is 1.61 bits per heavy atom. The molecule has 0 spiro atoms. The van der Waals surface area contributed by atoms with E-state index in [2.05, 4.69) is 25.1 Å². The van der Waals surface area contributed by atoms with Crippen LogP contribution in [-0.4, -0.2) is 102 Å². The number of imide groups is 2. The number of ether oxygens (including phenoxy) is 1. The number of carbonyl (C=O) groups excluding carboxylic acids is 4. The molecule has 5 heterocycles. The third-order valence-electron chi connectivity index (χ3n) is 9.79. The van der Waals surface area contributed by atoms with Crippen molar-refractivity contribution in [2.24, 2.45) is 7.05 Å². The van der Waals surface area contributed by atoms with Gasteiger partial charge in [0.05, 0.1) is 30.1 Å². The maximum atomic E-state index is 13.3. The number of nitrogens with zero attached hydrogens (tertiary/aromatic N) is 6. The number of piperazine rings is 1. The normalized spacial score (nSPS) is 21.2. The average molecular weight is 627 g/mol. The highest BCUT2D eigenvalue weighted by atomic mass is 16.5. The first-order chi connectivity index (χ1) is 22.2. The fraction of sp³-hybridized carbons (Fsp3) is 0.424. The monoisotopic (exact) mass is 626 g/mol. The number of methoxy groups -OCH3 is 1. The van der Waals surface area contributed by atoms with Crippen molar-refractivity contribution in [1.82, 2.24) is 24.9 Å². The quantitative estimate of drug-likeness (QED) is 0.307. The van der Waals surface area contributed by atoms with Gasteiger partial charge in [-0.05, 0) is 43.5 Å². The number of nitrogen functional groups attached to an aromatic ring is 1. The summed E-state index contributed by atoms with van der Waals surface area (Å²) >= 11 is 0. The smallest absolute Gasteiger partial charge is 0.262 e. The summed E-state index contributed by atoms with van der Waals surface area (Å²) in [6.07, 6.45) is 6.17. The Morgan fingerprint density at radius 3 is 2.28 bits per heavy atom. The van der Waals surface area contributed by atoms with Crippen LogP contribution in [0.4, 0.5) is 17.1 Å². The summed E-state index contributed by atoms with van der Waals surface area (Å²) in [5.74, 6) is -1.28. The Hall–Kier alpha value is -4.91. The summed E-state index contributed by atoms with van der Waals surface area (Å²) in [4.78, 5) is 58.6. The van der Waals surface area contributed by atoms with Gasteiger partial charge in [-0.2, -0.15) is 5.10 Å². The second-order valence-electron chi connectivity index (χ2n) is 12.4. The molecule has 46 heavy (non-hydrogen) atoms. The predicted octanol–water partition coefficient (Wildman–Crippen LogP) is 1.87. The lowest BCUT2D eigenvalue weighted by molar-refractivity contribution is -0.136. The molecule has 1 atom stereocenters. The van der Waals surface area contributed by atoms with Crippen LogP contribution < -0.4 is 25.6 Å². The Bertz CT molecular complexity index is 1720. The summed E-state index contributed by atoms with van der Waals surface area (Å²) < 4.78 is 7.35. The number of anilines is 3. The molecule has 3 fully saturated rings. The van der Waals surface area contributed by atoms with Gasteiger partial charge < -0.3 is 20.3 Å². The maximum Gasteiger partial charge on any atom is 0.262 e. The Balaban J connectivity index is 0.984. The third-order valence-corrected chi connectivity index (χ3v) is 9.79. The van der Waals surface area contributed by atoms with E-state index in [9.17, 15) is 19.2 Å². The van der Waals surface area contributed by atoms with Gasteiger partial charge in [0.15, 0.2) is 0 Å². The average Bonchev–Trinajstić information content (AvgIpc) is 3.61. The van der Waals surface area contributed by atoms with Crippen LogP contribution in [0.5, 0.6) is 5.75 Å². The Morgan fingerprint density at radius 1 is 0.870 bits per heavy atom. The number of fused-ring (bicyclic) bond motifs is 1. The van der Waals surface area contributed by atoms with Gasteiger partial charge in [-0.3, -0.25) is 39.0 Å². The number of hydrogen-bond donors (Lipinski definition) is 2. The molecule has 4 aliphatic rings. The molecule has 4 amide bonds. The number of amides is 4. The van der Waals surface area contributed by atoms with Crippen LogP contribution in [0.25, 0.3) is 11.1 Å². The number of aromatic nitrogens is 2. The van der Waals surface area contributed by atoms with E-state index in [1.54, 1.807) is 23.9 Å².